The summed E-state index contributed by atoms with van der Waals surface area (Å²) in [6.45, 7) is 8.34. The van der Waals surface area contributed by atoms with E-state index in [4.69, 9.17) is 16.3 Å². The number of phenols is 2. The summed E-state index contributed by atoms with van der Waals surface area (Å²) in [6.07, 6.45) is 1.34. The van der Waals surface area contributed by atoms with Gasteiger partial charge in [0.2, 0.25) is 11.9 Å². The monoisotopic (exact) mass is 696 g/mol. The van der Waals surface area contributed by atoms with Gasteiger partial charge in [0.15, 0.2) is 15.7 Å². The smallest absolute Gasteiger partial charge is 0.255 e. The molecule has 0 fully saturated rings. The number of ether oxygens (including phenoxy) is 1. The van der Waals surface area contributed by atoms with Crippen molar-refractivity contribution < 1.29 is 33.0 Å². The van der Waals surface area contributed by atoms with Crippen LogP contribution >= 0.6 is 11.6 Å². The molecule has 13 nitrogen and oxygen atoms in total. The number of nitrogens with one attached hydrogen (secondary N) is 4. The second kappa shape index (κ2) is 14.8. The minimum Gasteiger partial charge on any atom is -0.508 e. The molecule has 0 aliphatic heterocycles. The Bertz CT molecular complexity index is 1950. The summed E-state index contributed by atoms with van der Waals surface area (Å²) < 4.78 is 31.3. The molecule has 0 radical (unpaired) electrons. The molecule has 0 saturated heterocycles. The summed E-state index contributed by atoms with van der Waals surface area (Å²) >= 11 is 6.37. The average molecular weight is 697 g/mol. The van der Waals surface area contributed by atoms with Gasteiger partial charge in [0.25, 0.3) is 5.91 Å². The molecule has 0 bridgehead atoms. The van der Waals surface area contributed by atoms with Gasteiger partial charge in [0.05, 0.1) is 40.4 Å². The van der Waals surface area contributed by atoms with E-state index < -0.39 is 38.7 Å². The van der Waals surface area contributed by atoms with Crippen LogP contribution in [0.5, 0.6) is 17.2 Å². The van der Waals surface area contributed by atoms with Crippen LogP contribution in [0.25, 0.3) is 0 Å². The van der Waals surface area contributed by atoms with Crippen molar-refractivity contribution in [2.24, 2.45) is 0 Å². The number of sulfone groups is 1. The highest BCUT2D eigenvalue weighted by atomic mass is 35.5. The highest BCUT2D eigenvalue weighted by Crippen LogP contribution is 2.34. The molecule has 15 heteroatoms. The number of aromatic hydroxyl groups is 2. The van der Waals surface area contributed by atoms with E-state index in [-0.39, 0.29) is 38.9 Å². The fourth-order valence-corrected chi connectivity index (χ4v) is 5.89. The van der Waals surface area contributed by atoms with Gasteiger partial charge < -0.3 is 36.2 Å². The molecule has 3 aromatic carbocycles. The molecule has 1 heterocycles. The zero-order chi connectivity index (χ0) is 35.3. The molecule has 0 saturated carbocycles. The Labute approximate surface area is 283 Å². The first-order chi connectivity index (χ1) is 22.6. The molecule has 0 spiro atoms. The third-order valence-corrected chi connectivity index (χ3v) is 9.76. The van der Waals surface area contributed by atoms with Gasteiger partial charge in [-0.05, 0) is 68.7 Å². The van der Waals surface area contributed by atoms with E-state index in [9.17, 15) is 28.2 Å². The number of halogens is 1. The van der Waals surface area contributed by atoms with Crippen LogP contribution in [0, 0.1) is 0 Å². The van der Waals surface area contributed by atoms with Gasteiger partial charge >= 0.3 is 0 Å². The average Bonchev–Trinajstić information content (AvgIpc) is 3.02. The molecule has 2 amide bonds. The fraction of sp³-hybridized carbons (Fsp3) is 0.273. The number of phenolic OH excluding ortho intramolecular Hbond substituents is 2. The first kappa shape index (κ1) is 35.8. The number of carbonyl (C=O) groups is 2. The lowest BCUT2D eigenvalue weighted by molar-refractivity contribution is -0.117. The van der Waals surface area contributed by atoms with Crippen LogP contribution in [-0.4, -0.2) is 58.8 Å². The predicted octanol–water partition coefficient (Wildman–Crippen LogP) is 6.10. The van der Waals surface area contributed by atoms with Crippen molar-refractivity contribution in [1.29, 1.82) is 0 Å². The zero-order valence-electron chi connectivity index (χ0n) is 27.1. The SMILES string of the molecule is COc1ccc(NC(=O)C(C)NC(=O)c2cc(C(C)C)c(O)cc2O)cc1Nc1ncc(Cl)c(Nc2ccccc2S(=O)(=O)C(C)C)n1. The molecule has 4 aromatic rings. The number of carbonyl (C=O) groups excluding carboxylic acids is 2. The van der Waals surface area contributed by atoms with Crippen molar-refractivity contribution in [2.45, 2.75) is 56.7 Å². The normalized spacial score (nSPS) is 12.0. The zero-order valence-corrected chi connectivity index (χ0v) is 28.7. The lowest BCUT2D eigenvalue weighted by Crippen LogP contribution is -2.41. The Balaban J connectivity index is 1.52. The van der Waals surface area contributed by atoms with E-state index in [1.807, 2.05) is 13.8 Å². The fourth-order valence-electron chi connectivity index (χ4n) is 4.55. The van der Waals surface area contributed by atoms with E-state index in [1.165, 1.54) is 32.4 Å². The van der Waals surface area contributed by atoms with E-state index in [2.05, 4.69) is 31.2 Å². The molecule has 1 aromatic heterocycles. The maximum absolute atomic E-state index is 13.0. The van der Waals surface area contributed by atoms with Crippen molar-refractivity contribution in [3.8, 4) is 17.2 Å². The van der Waals surface area contributed by atoms with Gasteiger partial charge in [-0.3, -0.25) is 9.59 Å². The number of rotatable bonds is 12. The molecular weight excluding hydrogens is 660 g/mol. The molecule has 0 aliphatic rings. The Kier molecular flexibility index (Phi) is 11.0. The largest absolute Gasteiger partial charge is 0.508 e. The van der Waals surface area contributed by atoms with Gasteiger partial charge in [-0.25, -0.2) is 13.4 Å². The van der Waals surface area contributed by atoms with Crippen LogP contribution in [-0.2, 0) is 14.6 Å². The first-order valence-corrected chi connectivity index (χ1v) is 16.8. The minimum atomic E-state index is -3.62. The number of anilines is 5. The van der Waals surface area contributed by atoms with Crippen molar-refractivity contribution in [2.75, 3.05) is 23.1 Å². The third-order valence-electron chi connectivity index (χ3n) is 7.28. The summed E-state index contributed by atoms with van der Waals surface area (Å²) in [7, 11) is -2.16. The molecule has 1 unspecified atom stereocenters. The molecule has 6 N–H and O–H groups in total. The first-order valence-electron chi connectivity index (χ1n) is 14.9. The summed E-state index contributed by atoms with van der Waals surface area (Å²) in [5, 5.41) is 31.1. The van der Waals surface area contributed by atoms with Crippen LogP contribution in [0.15, 0.2) is 65.7 Å². The second-order valence-corrected chi connectivity index (χ2v) is 14.3. The molecule has 48 heavy (non-hydrogen) atoms. The van der Waals surface area contributed by atoms with Crippen LogP contribution in [0.4, 0.5) is 28.8 Å². The molecular formula is C33H37ClN6O7S. The number of hydrogen-bond acceptors (Lipinski definition) is 11. The molecule has 4 rings (SSSR count). The second-order valence-electron chi connectivity index (χ2n) is 11.4. The Morgan fingerprint density at radius 3 is 2.29 bits per heavy atom. The lowest BCUT2D eigenvalue weighted by atomic mass is 9.98. The molecule has 254 valence electrons. The van der Waals surface area contributed by atoms with Gasteiger partial charge in [-0.2, -0.15) is 4.98 Å². The van der Waals surface area contributed by atoms with Crippen LogP contribution in [0.3, 0.4) is 0 Å². The van der Waals surface area contributed by atoms with Crippen LogP contribution < -0.4 is 26.0 Å². The van der Waals surface area contributed by atoms with E-state index in [0.717, 1.165) is 6.07 Å². The summed E-state index contributed by atoms with van der Waals surface area (Å²) in [6, 6.07) is 12.7. The Morgan fingerprint density at radius 1 is 0.917 bits per heavy atom. The number of para-hydroxylation sites is 1. The Hall–Kier alpha value is -5.08. The Morgan fingerprint density at radius 2 is 1.62 bits per heavy atom. The van der Waals surface area contributed by atoms with Crippen molar-refractivity contribution in [1.82, 2.24) is 15.3 Å². The quantitative estimate of drug-likeness (QED) is 0.100. The van der Waals surface area contributed by atoms with Gasteiger partial charge in [-0.15, -0.1) is 0 Å². The number of hydrogen-bond donors (Lipinski definition) is 6. The molecule has 0 aliphatic carbocycles. The number of aromatic nitrogens is 2. The minimum absolute atomic E-state index is 0.0751. The van der Waals surface area contributed by atoms with Crippen LogP contribution in [0.2, 0.25) is 5.02 Å². The third kappa shape index (κ3) is 8.06. The number of benzene rings is 3. The standard InChI is InChI=1S/C33H37ClN6O7S/c1-17(2)21-14-22(27(42)15-26(21)41)32(44)36-19(5)31(43)37-20-11-12-28(47-6)25(13-20)39-33-35-16-23(34)30(40-33)38-24-9-7-8-10-29(24)48(45,46)18(3)4/h7-19,41-42H,1-6H3,(H,36,44)(H,37,43)(H2,35,38,39,40). The van der Waals surface area contributed by atoms with E-state index in [0.29, 0.717) is 28.4 Å². The highest BCUT2D eigenvalue weighted by Gasteiger charge is 2.24. The summed E-state index contributed by atoms with van der Waals surface area (Å²) in [5.74, 6) is -1.28. The highest BCUT2D eigenvalue weighted by molar-refractivity contribution is 7.92. The lowest BCUT2D eigenvalue weighted by Gasteiger charge is -2.18. The van der Waals surface area contributed by atoms with Gasteiger partial charge in [0.1, 0.15) is 28.3 Å². The van der Waals surface area contributed by atoms with E-state index >= 15 is 0 Å². The summed E-state index contributed by atoms with van der Waals surface area (Å²) in [4.78, 5) is 34.7. The van der Waals surface area contributed by atoms with Crippen molar-refractivity contribution >= 4 is 62.1 Å². The van der Waals surface area contributed by atoms with E-state index in [1.54, 1.807) is 50.2 Å². The number of nitrogens with zero attached hydrogens (tertiary/aromatic N) is 2. The van der Waals surface area contributed by atoms with Crippen LogP contribution in [0.1, 0.15) is 56.5 Å². The van der Waals surface area contributed by atoms with Crippen molar-refractivity contribution in [3.05, 3.63) is 76.9 Å². The maximum atomic E-state index is 13.0. The predicted molar refractivity (Wildman–Crippen MR) is 185 cm³/mol. The molecule has 1 atom stereocenters. The summed E-state index contributed by atoms with van der Waals surface area (Å²) in [5.41, 5.74) is 1.42. The number of methoxy groups -OCH3 is 1. The topological polar surface area (TPSA) is 192 Å². The van der Waals surface area contributed by atoms with Gasteiger partial charge in [-0.1, -0.05) is 37.6 Å². The van der Waals surface area contributed by atoms with Crippen molar-refractivity contribution in [3.63, 3.8) is 0 Å². The number of amides is 2. The van der Waals surface area contributed by atoms with Gasteiger partial charge in [0, 0.05) is 11.8 Å². The maximum Gasteiger partial charge on any atom is 0.255 e.